The van der Waals surface area contributed by atoms with Crippen molar-refractivity contribution in [3.05, 3.63) is 53.1 Å². The highest BCUT2D eigenvalue weighted by Crippen LogP contribution is 2.39. The van der Waals surface area contributed by atoms with Gasteiger partial charge in [0, 0.05) is 32.1 Å². The third kappa shape index (κ3) is 3.61. The Kier molecular flexibility index (Phi) is 4.73. The zero-order valence-electron chi connectivity index (χ0n) is 15.1. The van der Waals surface area contributed by atoms with Crippen LogP contribution in [0.2, 0.25) is 0 Å². The molecule has 0 amide bonds. The number of hydrogen-bond donors (Lipinski definition) is 1. The zero-order chi connectivity index (χ0) is 19.1. The fourth-order valence-electron chi connectivity index (χ4n) is 4.03. The number of nitrogens with zero attached hydrogens (tertiary/aromatic N) is 2. The molecule has 1 N–H and O–H groups in total. The number of imidazole rings is 1. The molecule has 3 heterocycles. The fourth-order valence-corrected chi connectivity index (χ4v) is 4.03. The molecule has 27 heavy (non-hydrogen) atoms. The second-order valence-corrected chi connectivity index (χ2v) is 7.13. The molecule has 0 saturated carbocycles. The highest BCUT2D eigenvalue weighted by Gasteiger charge is 2.42. The standard InChI is InChI=1S/C19H22F3N3O2/c1-13-2-3-14(10-15(13)19(20,21)22)17(16-11-23-12-24-16)25-6-4-18(5-7-25)26-8-9-27-18/h2-3,10-12,17H,4-9H2,1H3,(H,23,24). The van der Waals surface area contributed by atoms with E-state index < -0.39 is 17.5 Å². The third-order valence-electron chi connectivity index (χ3n) is 5.44. The molecule has 0 radical (unpaired) electrons. The van der Waals surface area contributed by atoms with Gasteiger partial charge < -0.3 is 14.5 Å². The summed E-state index contributed by atoms with van der Waals surface area (Å²) in [6, 6.07) is 4.24. The second-order valence-electron chi connectivity index (χ2n) is 7.13. The van der Waals surface area contributed by atoms with E-state index in [2.05, 4.69) is 14.9 Å². The number of rotatable bonds is 3. The first-order valence-corrected chi connectivity index (χ1v) is 9.06. The molecule has 1 aromatic heterocycles. The topological polar surface area (TPSA) is 50.4 Å². The van der Waals surface area contributed by atoms with Gasteiger partial charge in [-0.3, -0.25) is 4.90 Å². The predicted molar refractivity (Wildman–Crippen MR) is 92.1 cm³/mol. The summed E-state index contributed by atoms with van der Waals surface area (Å²) < 4.78 is 51.8. The lowest BCUT2D eigenvalue weighted by Crippen LogP contribution is -2.46. The van der Waals surface area contributed by atoms with Gasteiger partial charge in [0.05, 0.1) is 36.8 Å². The number of piperidine rings is 1. The molecule has 4 rings (SSSR count). The van der Waals surface area contributed by atoms with Crippen LogP contribution in [0.15, 0.2) is 30.7 Å². The molecule has 2 saturated heterocycles. The second kappa shape index (κ2) is 6.92. The zero-order valence-corrected chi connectivity index (χ0v) is 15.1. The number of H-pyrrole nitrogens is 1. The van der Waals surface area contributed by atoms with Crippen molar-refractivity contribution in [3.63, 3.8) is 0 Å². The minimum atomic E-state index is -4.38. The Morgan fingerprint density at radius 1 is 1.19 bits per heavy atom. The van der Waals surface area contributed by atoms with Crippen LogP contribution >= 0.6 is 0 Å². The Labute approximate surface area is 155 Å². The number of likely N-dealkylation sites (tertiary alicyclic amines) is 1. The summed E-state index contributed by atoms with van der Waals surface area (Å²) in [6.45, 7) is 4.00. The van der Waals surface area contributed by atoms with Gasteiger partial charge in [0.15, 0.2) is 5.79 Å². The average Bonchev–Trinajstić information content (AvgIpc) is 3.30. The van der Waals surface area contributed by atoms with Gasteiger partial charge in [0.2, 0.25) is 0 Å². The summed E-state index contributed by atoms with van der Waals surface area (Å²) in [4.78, 5) is 9.30. The number of hydrogen-bond acceptors (Lipinski definition) is 4. The Hall–Kier alpha value is -1.90. The predicted octanol–water partition coefficient (Wildman–Crippen LogP) is 3.67. The summed E-state index contributed by atoms with van der Waals surface area (Å²) in [5.41, 5.74) is 0.998. The molecule has 2 aliphatic heterocycles. The van der Waals surface area contributed by atoms with Gasteiger partial charge in [-0.05, 0) is 24.1 Å². The lowest BCUT2D eigenvalue weighted by molar-refractivity contribution is -0.187. The van der Waals surface area contributed by atoms with Crippen LogP contribution in [0.5, 0.6) is 0 Å². The molecular formula is C19H22F3N3O2. The monoisotopic (exact) mass is 381 g/mol. The number of ether oxygens (including phenoxy) is 2. The van der Waals surface area contributed by atoms with Gasteiger partial charge in [-0.25, -0.2) is 4.98 Å². The van der Waals surface area contributed by atoms with E-state index in [1.54, 1.807) is 18.6 Å². The van der Waals surface area contributed by atoms with Crippen LogP contribution in [0.25, 0.3) is 0 Å². The first-order chi connectivity index (χ1) is 12.9. The van der Waals surface area contributed by atoms with Crippen molar-refractivity contribution in [2.24, 2.45) is 0 Å². The van der Waals surface area contributed by atoms with E-state index in [1.165, 1.54) is 19.1 Å². The maximum atomic E-state index is 13.4. The number of aromatic amines is 1. The molecule has 1 atom stereocenters. The maximum Gasteiger partial charge on any atom is 0.416 e. The lowest BCUT2D eigenvalue weighted by atomic mass is 9.94. The van der Waals surface area contributed by atoms with Crippen molar-refractivity contribution in [1.82, 2.24) is 14.9 Å². The summed E-state index contributed by atoms with van der Waals surface area (Å²) in [7, 11) is 0. The van der Waals surface area contributed by atoms with Crippen molar-refractivity contribution in [2.45, 2.75) is 37.8 Å². The number of aromatic nitrogens is 2. The van der Waals surface area contributed by atoms with Crippen LogP contribution < -0.4 is 0 Å². The molecule has 2 aromatic rings. The van der Waals surface area contributed by atoms with Gasteiger partial charge in [-0.1, -0.05) is 12.1 Å². The molecule has 8 heteroatoms. The molecule has 2 fully saturated rings. The molecule has 146 valence electrons. The Bertz CT molecular complexity index is 776. The smallest absolute Gasteiger partial charge is 0.347 e. The number of alkyl halides is 3. The van der Waals surface area contributed by atoms with E-state index >= 15 is 0 Å². The SMILES string of the molecule is Cc1ccc(C(c2cnc[nH]2)N2CCC3(CC2)OCCO3)cc1C(F)(F)F. The highest BCUT2D eigenvalue weighted by atomic mass is 19.4. The molecule has 0 bridgehead atoms. The van der Waals surface area contributed by atoms with Crippen LogP contribution in [-0.2, 0) is 15.7 Å². The Morgan fingerprint density at radius 2 is 1.89 bits per heavy atom. The van der Waals surface area contributed by atoms with Gasteiger partial charge in [0.1, 0.15) is 0 Å². The van der Waals surface area contributed by atoms with Gasteiger partial charge in [-0.15, -0.1) is 0 Å². The third-order valence-corrected chi connectivity index (χ3v) is 5.44. The van der Waals surface area contributed by atoms with Gasteiger partial charge in [-0.2, -0.15) is 13.2 Å². The minimum Gasteiger partial charge on any atom is -0.347 e. The van der Waals surface area contributed by atoms with Crippen molar-refractivity contribution in [1.29, 1.82) is 0 Å². The highest BCUT2D eigenvalue weighted by molar-refractivity contribution is 5.37. The minimum absolute atomic E-state index is 0.222. The van der Waals surface area contributed by atoms with E-state index in [4.69, 9.17) is 9.47 Å². The lowest BCUT2D eigenvalue weighted by Gasteiger charge is -2.41. The van der Waals surface area contributed by atoms with E-state index in [9.17, 15) is 13.2 Å². The first-order valence-electron chi connectivity index (χ1n) is 9.06. The molecule has 1 aromatic carbocycles. The van der Waals surface area contributed by atoms with Crippen LogP contribution in [0.4, 0.5) is 13.2 Å². The van der Waals surface area contributed by atoms with Crippen LogP contribution in [0.3, 0.4) is 0 Å². The quantitative estimate of drug-likeness (QED) is 0.882. The summed E-state index contributed by atoms with van der Waals surface area (Å²) >= 11 is 0. The summed E-state index contributed by atoms with van der Waals surface area (Å²) in [5, 5.41) is 0. The first kappa shape index (κ1) is 18.5. The molecule has 2 aliphatic rings. The molecule has 0 aliphatic carbocycles. The van der Waals surface area contributed by atoms with Crippen molar-refractivity contribution < 1.29 is 22.6 Å². The summed E-state index contributed by atoms with van der Waals surface area (Å²) in [6.07, 6.45) is 0.224. The van der Waals surface area contributed by atoms with Crippen LogP contribution in [0, 0.1) is 6.92 Å². The molecule has 1 unspecified atom stereocenters. The van der Waals surface area contributed by atoms with Crippen LogP contribution in [0.1, 0.15) is 41.3 Å². The number of halogens is 3. The molecule has 5 nitrogen and oxygen atoms in total. The van der Waals surface area contributed by atoms with Crippen molar-refractivity contribution in [2.75, 3.05) is 26.3 Å². The van der Waals surface area contributed by atoms with Gasteiger partial charge >= 0.3 is 6.18 Å². The maximum absolute atomic E-state index is 13.4. The van der Waals surface area contributed by atoms with E-state index in [-0.39, 0.29) is 11.6 Å². The normalized spacial score (nSPS) is 21.6. The van der Waals surface area contributed by atoms with E-state index in [1.807, 2.05) is 0 Å². The Balaban J connectivity index is 1.65. The number of nitrogens with one attached hydrogen (secondary N) is 1. The van der Waals surface area contributed by atoms with Crippen molar-refractivity contribution >= 4 is 0 Å². The van der Waals surface area contributed by atoms with E-state index in [0.29, 0.717) is 44.7 Å². The fraction of sp³-hybridized carbons (Fsp3) is 0.526. The van der Waals surface area contributed by atoms with Crippen molar-refractivity contribution in [3.8, 4) is 0 Å². The largest absolute Gasteiger partial charge is 0.416 e. The van der Waals surface area contributed by atoms with E-state index in [0.717, 1.165) is 5.69 Å². The summed E-state index contributed by atoms with van der Waals surface area (Å²) in [5.74, 6) is -0.528. The molecular weight excluding hydrogens is 359 g/mol. The van der Waals surface area contributed by atoms with Gasteiger partial charge in [0.25, 0.3) is 0 Å². The average molecular weight is 381 g/mol. The Morgan fingerprint density at radius 3 is 2.48 bits per heavy atom. The number of aryl methyl sites for hydroxylation is 1. The van der Waals surface area contributed by atoms with Crippen LogP contribution in [-0.4, -0.2) is 47.0 Å². The molecule has 1 spiro atoms. The number of benzene rings is 1.